The Bertz CT molecular complexity index is 315. The monoisotopic (exact) mass is 237 g/mol. The first kappa shape index (κ1) is 15.7. The van der Waals surface area contributed by atoms with Gasteiger partial charge in [-0.2, -0.15) is 0 Å². The predicted molar refractivity (Wildman–Crippen MR) is 71.1 cm³/mol. The largest absolute Gasteiger partial charge is 0.491 e. The van der Waals surface area contributed by atoms with Gasteiger partial charge >= 0.3 is 0 Å². The van der Waals surface area contributed by atoms with Crippen LogP contribution in [-0.4, -0.2) is 11.9 Å². The van der Waals surface area contributed by atoms with Crippen molar-refractivity contribution in [1.82, 2.24) is 0 Å². The molecule has 1 aromatic rings. The highest BCUT2D eigenvalue weighted by molar-refractivity contribution is 5.72. The molecule has 1 atom stereocenters. The molecule has 0 aliphatic carbocycles. The van der Waals surface area contributed by atoms with Crippen molar-refractivity contribution in [3.05, 3.63) is 29.8 Å². The van der Waals surface area contributed by atoms with Gasteiger partial charge in [0.1, 0.15) is 11.5 Å². The fourth-order valence-electron chi connectivity index (χ4n) is 1.02. The van der Waals surface area contributed by atoms with Crippen LogP contribution < -0.4 is 10.5 Å². The van der Waals surface area contributed by atoms with E-state index < -0.39 is 0 Å². The van der Waals surface area contributed by atoms with Crippen LogP contribution in [0.1, 0.15) is 39.7 Å². The molecule has 0 amide bonds. The Hall–Kier alpha value is -1.35. The molecule has 0 saturated carbocycles. The summed E-state index contributed by atoms with van der Waals surface area (Å²) in [6.07, 6.45) is 1.31. The van der Waals surface area contributed by atoms with Gasteiger partial charge in [-0.3, -0.25) is 0 Å². The SMILES string of the molecule is CC(C)=O.CCC(C)Oc1ccc(CN)cc1. The number of carbonyl (C=O) groups excluding carboxylic acids is 1. The molecule has 0 heterocycles. The quantitative estimate of drug-likeness (QED) is 0.876. The fourth-order valence-corrected chi connectivity index (χ4v) is 1.02. The molecule has 96 valence electrons. The summed E-state index contributed by atoms with van der Waals surface area (Å²) < 4.78 is 5.62. The molecule has 0 aliphatic rings. The summed E-state index contributed by atoms with van der Waals surface area (Å²) in [5.74, 6) is 1.09. The summed E-state index contributed by atoms with van der Waals surface area (Å²) in [6, 6.07) is 7.93. The van der Waals surface area contributed by atoms with Gasteiger partial charge in [0.15, 0.2) is 0 Å². The van der Waals surface area contributed by atoms with E-state index in [1.54, 1.807) is 0 Å². The molecule has 0 fully saturated rings. The van der Waals surface area contributed by atoms with Crippen molar-refractivity contribution in [2.75, 3.05) is 0 Å². The van der Waals surface area contributed by atoms with E-state index in [0.29, 0.717) is 6.54 Å². The van der Waals surface area contributed by atoms with Crippen LogP contribution in [0.25, 0.3) is 0 Å². The molecular weight excluding hydrogens is 214 g/mol. The van der Waals surface area contributed by atoms with Gasteiger partial charge in [0.25, 0.3) is 0 Å². The molecule has 1 aromatic carbocycles. The van der Waals surface area contributed by atoms with E-state index in [-0.39, 0.29) is 11.9 Å². The average molecular weight is 237 g/mol. The molecule has 0 aliphatic heterocycles. The van der Waals surface area contributed by atoms with Gasteiger partial charge in [0.05, 0.1) is 6.10 Å². The minimum atomic E-state index is 0.167. The van der Waals surface area contributed by atoms with E-state index in [4.69, 9.17) is 10.5 Å². The van der Waals surface area contributed by atoms with Crippen molar-refractivity contribution in [2.24, 2.45) is 5.73 Å². The molecule has 0 spiro atoms. The number of ether oxygens (including phenoxy) is 1. The summed E-state index contributed by atoms with van der Waals surface area (Å²) in [4.78, 5) is 9.44. The molecule has 2 N–H and O–H groups in total. The highest BCUT2D eigenvalue weighted by Gasteiger charge is 1.99. The number of nitrogens with two attached hydrogens (primary N) is 1. The van der Waals surface area contributed by atoms with Crippen LogP contribution in [0.15, 0.2) is 24.3 Å². The maximum absolute atomic E-state index is 9.44. The molecule has 1 unspecified atom stereocenters. The van der Waals surface area contributed by atoms with E-state index in [1.807, 2.05) is 24.3 Å². The second-order valence-electron chi connectivity index (χ2n) is 4.09. The molecular formula is C14H23NO2. The normalized spacial score (nSPS) is 11.1. The highest BCUT2D eigenvalue weighted by atomic mass is 16.5. The lowest BCUT2D eigenvalue weighted by atomic mass is 10.2. The van der Waals surface area contributed by atoms with Crippen molar-refractivity contribution in [2.45, 2.75) is 46.8 Å². The summed E-state index contributed by atoms with van der Waals surface area (Å²) in [7, 11) is 0. The number of rotatable bonds is 4. The molecule has 3 nitrogen and oxygen atoms in total. The lowest BCUT2D eigenvalue weighted by Gasteiger charge is -2.12. The number of ketones is 1. The average Bonchev–Trinajstić information content (AvgIpc) is 2.29. The van der Waals surface area contributed by atoms with Crippen molar-refractivity contribution < 1.29 is 9.53 Å². The lowest BCUT2D eigenvalue weighted by Crippen LogP contribution is -2.09. The summed E-state index contributed by atoms with van der Waals surface area (Å²) in [6.45, 7) is 7.82. The van der Waals surface area contributed by atoms with Crippen LogP contribution in [0.5, 0.6) is 5.75 Å². The van der Waals surface area contributed by atoms with Gasteiger partial charge in [0.2, 0.25) is 0 Å². The van der Waals surface area contributed by atoms with Crippen LogP contribution in [-0.2, 0) is 11.3 Å². The first-order valence-corrected chi connectivity index (χ1v) is 5.92. The van der Waals surface area contributed by atoms with Crippen LogP contribution in [0.4, 0.5) is 0 Å². The minimum Gasteiger partial charge on any atom is -0.491 e. The Kier molecular flexibility index (Phi) is 8.07. The number of hydrogen-bond acceptors (Lipinski definition) is 3. The van der Waals surface area contributed by atoms with Gasteiger partial charge < -0.3 is 15.3 Å². The van der Waals surface area contributed by atoms with Crippen molar-refractivity contribution in [3.8, 4) is 5.75 Å². The molecule has 3 heteroatoms. The third kappa shape index (κ3) is 8.46. The number of benzene rings is 1. The van der Waals surface area contributed by atoms with Gasteiger partial charge in [0, 0.05) is 6.54 Å². The van der Waals surface area contributed by atoms with Gasteiger partial charge in [-0.05, 0) is 44.9 Å². The first-order valence-electron chi connectivity index (χ1n) is 5.92. The third-order valence-corrected chi connectivity index (χ3v) is 2.07. The van der Waals surface area contributed by atoms with E-state index in [1.165, 1.54) is 13.8 Å². The zero-order chi connectivity index (χ0) is 13.3. The van der Waals surface area contributed by atoms with E-state index in [9.17, 15) is 4.79 Å². The smallest absolute Gasteiger partial charge is 0.126 e. The topological polar surface area (TPSA) is 52.3 Å². The first-order chi connectivity index (χ1) is 7.99. The predicted octanol–water partition coefficient (Wildman–Crippen LogP) is 2.92. The van der Waals surface area contributed by atoms with Crippen LogP contribution >= 0.6 is 0 Å². The van der Waals surface area contributed by atoms with E-state index in [0.717, 1.165) is 17.7 Å². The molecule has 17 heavy (non-hydrogen) atoms. The Morgan fingerprint density at radius 1 is 1.29 bits per heavy atom. The molecule has 1 rings (SSSR count). The summed E-state index contributed by atoms with van der Waals surface area (Å²) >= 11 is 0. The lowest BCUT2D eigenvalue weighted by molar-refractivity contribution is -0.114. The third-order valence-electron chi connectivity index (χ3n) is 2.07. The highest BCUT2D eigenvalue weighted by Crippen LogP contribution is 2.14. The Morgan fingerprint density at radius 3 is 2.12 bits per heavy atom. The second-order valence-corrected chi connectivity index (χ2v) is 4.09. The Morgan fingerprint density at radius 2 is 1.76 bits per heavy atom. The van der Waals surface area contributed by atoms with E-state index in [2.05, 4.69) is 13.8 Å². The minimum absolute atomic E-state index is 0.167. The molecule has 0 bridgehead atoms. The van der Waals surface area contributed by atoms with Crippen LogP contribution in [0.2, 0.25) is 0 Å². The molecule has 0 saturated heterocycles. The summed E-state index contributed by atoms with van der Waals surface area (Å²) in [5, 5.41) is 0. The zero-order valence-electron chi connectivity index (χ0n) is 11.2. The summed E-state index contributed by atoms with van der Waals surface area (Å²) in [5.41, 5.74) is 6.62. The van der Waals surface area contributed by atoms with Crippen LogP contribution in [0.3, 0.4) is 0 Å². The Labute approximate surface area is 104 Å². The van der Waals surface area contributed by atoms with Crippen molar-refractivity contribution in [1.29, 1.82) is 0 Å². The number of hydrogen-bond donors (Lipinski definition) is 1. The maximum Gasteiger partial charge on any atom is 0.126 e. The Balaban J connectivity index is 0.000000557. The molecule has 0 radical (unpaired) electrons. The fraction of sp³-hybridized carbons (Fsp3) is 0.500. The standard InChI is InChI=1S/C11H17NO.C3H6O/c1-3-9(2)13-11-6-4-10(8-12)5-7-11;1-3(2)4/h4-7,9H,3,8,12H2,1-2H3;1-2H3. The van der Waals surface area contributed by atoms with Crippen LogP contribution in [0, 0.1) is 0 Å². The number of carbonyl (C=O) groups is 1. The number of Topliss-reactive ketones (excluding diaryl/α,β-unsaturated/α-hetero) is 1. The van der Waals surface area contributed by atoms with E-state index >= 15 is 0 Å². The second kappa shape index (κ2) is 8.76. The van der Waals surface area contributed by atoms with Gasteiger partial charge in [-0.15, -0.1) is 0 Å². The van der Waals surface area contributed by atoms with Crippen molar-refractivity contribution in [3.63, 3.8) is 0 Å². The maximum atomic E-state index is 9.44. The van der Waals surface area contributed by atoms with Gasteiger partial charge in [-0.1, -0.05) is 19.1 Å². The van der Waals surface area contributed by atoms with Crippen molar-refractivity contribution >= 4 is 5.78 Å². The zero-order valence-corrected chi connectivity index (χ0v) is 11.2. The molecule has 0 aromatic heterocycles. The van der Waals surface area contributed by atoms with Gasteiger partial charge in [-0.25, -0.2) is 0 Å².